The van der Waals surface area contributed by atoms with Gasteiger partial charge in [-0.1, -0.05) is 6.07 Å². The Balaban J connectivity index is 2.53. The lowest BCUT2D eigenvalue weighted by molar-refractivity contribution is 0.177. The molecule has 0 aliphatic carbocycles. The lowest BCUT2D eigenvalue weighted by atomic mass is 10.1. The first-order valence-electron chi connectivity index (χ1n) is 4.22. The fourth-order valence-corrected chi connectivity index (χ4v) is 1.11. The van der Waals surface area contributed by atoms with Crippen molar-refractivity contribution in [2.24, 2.45) is 0 Å². The van der Waals surface area contributed by atoms with E-state index >= 15 is 0 Å². The number of aliphatic hydroxyl groups is 1. The van der Waals surface area contributed by atoms with Gasteiger partial charge in [-0.15, -0.1) is 0 Å². The molecule has 0 saturated heterocycles. The molecule has 76 valence electrons. The second-order valence-electron chi connectivity index (χ2n) is 2.85. The Labute approximate surface area is 81.4 Å². The van der Waals surface area contributed by atoms with Crippen LogP contribution in [0.1, 0.15) is 5.69 Å². The number of carbonyl (C=O) groups is 1. The van der Waals surface area contributed by atoms with Gasteiger partial charge in [0.25, 0.3) is 0 Å². The van der Waals surface area contributed by atoms with Gasteiger partial charge < -0.3 is 15.5 Å². The van der Waals surface area contributed by atoms with E-state index in [9.17, 15) is 4.79 Å². The molecule has 3 N–H and O–H groups in total. The number of hydrogen-bond acceptors (Lipinski definition) is 3. The summed E-state index contributed by atoms with van der Waals surface area (Å²) in [7, 11) is 0. The Morgan fingerprint density at radius 2 is 2.36 bits per heavy atom. The summed E-state index contributed by atoms with van der Waals surface area (Å²) in [4.78, 5) is 14.3. The summed E-state index contributed by atoms with van der Waals surface area (Å²) in [5, 5.41) is 19.5. The molecule has 1 rings (SSSR count). The van der Waals surface area contributed by atoms with Crippen LogP contribution in [0.3, 0.4) is 0 Å². The minimum atomic E-state index is -1.14. The van der Waals surface area contributed by atoms with Gasteiger partial charge in [-0.05, 0) is 12.1 Å². The van der Waals surface area contributed by atoms with Gasteiger partial charge in [-0.25, -0.2) is 4.79 Å². The summed E-state index contributed by atoms with van der Waals surface area (Å²) >= 11 is 0. The van der Waals surface area contributed by atoms with Gasteiger partial charge in [0.2, 0.25) is 0 Å². The molecule has 1 aromatic rings. The highest BCUT2D eigenvalue weighted by Gasteiger charge is 2.10. The fourth-order valence-electron chi connectivity index (χ4n) is 1.11. The molecule has 1 amide bonds. The summed E-state index contributed by atoms with van der Waals surface area (Å²) < 4.78 is 0. The Morgan fingerprint density at radius 1 is 1.57 bits per heavy atom. The summed E-state index contributed by atoms with van der Waals surface area (Å²) in [6, 6.07) is 4.88. The van der Waals surface area contributed by atoms with E-state index in [2.05, 4.69) is 10.3 Å². The molecule has 0 aliphatic heterocycles. The maximum atomic E-state index is 10.3. The number of amides is 1. The highest BCUT2D eigenvalue weighted by molar-refractivity contribution is 5.64. The number of hydrogen-bond donors (Lipinski definition) is 3. The van der Waals surface area contributed by atoms with Crippen LogP contribution in [0.15, 0.2) is 24.4 Å². The molecule has 0 spiro atoms. The van der Waals surface area contributed by atoms with E-state index in [0.717, 1.165) is 5.69 Å². The maximum absolute atomic E-state index is 10.3. The zero-order chi connectivity index (χ0) is 10.4. The smallest absolute Gasteiger partial charge is 0.404 e. The number of aliphatic hydroxyl groups excluding tert-OH is 1. The van der Waals surface area contributed by atoms with E-state index in [-0.39, 0.29) is 6.61 Å². The van der Waals surface area contributed by atoms with Gasteiger partial charge in [0.1, 0.15) is 0 Å². The van der Waals surface area contributed by atoms with E-state index in [4.69, 9.17) is 10.2 Å². The van der Waals surface area contributed by atoms with Crippen molar-refractivity contribution >= 4 is 6.09 Å². The first-order chi connectivity index (χ1) is 6.72. The predicted octanol–water partition coefficient (Wildman–Crippen LogP) is 0.253. The average molecular weight is 196 g/mol. The van der Waals surface area contributed by atoms with Crippen LogP contribution in [0.4, 0.5) is 4.79 Å². The summed E-state index contributed by atoms with van der Waals surface area (Å²) in [6.07, 6.45) is 0.883. The van der Waals surface area contributed by atoms with E-state index < -0.39 is 12.1 Å². The molecule has 0 fully saturated rings. The van der Waals surface area contributed by atoms with Gasteiger partial charge in [-0.3, -0.25) is 4.98 Å². The van der Waals surface area contributed by atoms with Crippen molar-refractivity contribution in [1.29, 1.82) is 0 Å². The van der Waals surface area contributed by atoms with E-state index in [0.29, 0.717) is 6.42 Å². The van der Waals surface area contributed by atoms with Gasteiger partial charge in [0, 0.05) is 18.3 Å². The number of pyridine rings is 1. The van der Waals surface area contributed by atoms with Crippen molar-refractivity contribution in [2.75, 3.05) is 6.61 Å². The minimum absolute atomic E-state index is 0.233. The van der Waals surface area contributed by atoms with Crippen LogP contribution >= 0.6 is 0 Å². The van der Waals surface area contributed by atoms with Crippen LogP contribution in [0, 0.1) is 0 Å². The highest BCUT2D eigenvalue weighted by atomic mass is 16.4. The lowest BCUT2D eigenvalue weighted by Crippen LogP contribution is -2.38. The van der Waals surface area contributed by atoms with Crippen LogP contribution in [-0.2, 0) is 6.42 Å². The largest absolute Gasteiger partial charge is 0.465 e. The van der Waals surface area contributed by atoms with Gasteiger partial charge in [0.15, 0.2) is 0 Å². The van der Waals surface area contributed by atoms with Crippen molar-refractivity contribution in [1.82, 2.24) is 10.3 Å². The first-order valence-corrected chi connectivity index (χ1v) is 4.22. The third-order valence-corrected chi connectivity index (χ3v) is 1.73. The van der Waals surface area contributed by atoms with Crippen molar-refractivity contribution in [3.8, 4) is 0 Å². The molecule has 14 heavy (non-hydrogen) atoms. The average Bonchev–Trinajstić information content (AvgIpc) is 2.17. The molecule has 1 aromatic heterocycles. The van der Waals surface area contributed by atoms with Crippen LogP contribution < -0.4 is 5.32 Å². The monoisotopic (exact) mass is 196 g/mol. The third kappa shape index (κ3) is 3.40. The van der Waals surface area contributed by atoms with Gasteiger partial charge in [-0.2, -0.15) is 0 Å². The third-order valence-electron chi connectivity index (χ3n) is 1.73. The lowest BCUT2D eigenvalue weighted by Gasteiger charge is -2.12. The standard InChI is InChI=1S/C9H12N2O3/c12-6-8(11-9(13)14)5-7-3-1-2-4-10-7/h1-4,8,11-12H,5-6H2,(H,13,14). The van der Waals surface area contributed by atoms with Crippen molar-refractivity contribution in [2.45, 2.75) is 12.5 Å². The van der Waals surface area contributed by atoms with E-state index in [1.807, 2.05) is 6.07 Å². The van der Waals surface area contributed by atoms with Gasteiger partial charge in [0.05, 0.1) is 12.6 Å². The van der Waals surface area contributed by atoms with Crippen LogP contribution in [0.5, 0.6) is 0 Å². The van der Waals surface area contributed by atoms with E-state index in [1.165, 1.54) is 0 Å². The second kappa shape index (κ2) is 5.18. The SMILES string of the molecule is O=C(O)NC(CO)Cc1ccccn1. The highest BCUT2D eigenvalue weighted by Crippen LogP contribution is 1.98. The zero-order valence-electron chi connectivity index (χ0n) is 7.55. The molecule has 5 heteroatoms. The Hall–Kier alpha value is -1.62. The number of carboxylic acid groups (broad SMARTS) is 1. The molecule has 0 saturated carbocycles. The summed E-state index contributed by atoms with van der Waals surface area (Å²) in [5.74, 6) is 0. The Bertz CT molecular complexity index is 289. The minimum Gasteiger partial charge on any atom is -0.465 e. The number of nitrogens with one attached hydrogen (secondary N) is 1. The predicted molar refractivity (Wildman–Crippen MR) is 50.0 cm³/mol. The molecule has 0 radical (unpaired) electrons. The number of rotatable bonds is 4. The maximum Gasteiger partial charge on any atom is 0.404 e. The zero-order valence-corrected chi connectivity index (χ0v) is 7.55. The second-order valence-corrected chi connectivity index (χ2v) is 2.85. The quantitative estimate of drug-likeness (QED) is 0.644. The van der Waals surface area contributed by atoms with Crippen LogP contribution in [-0.4, -0.2) is 33.9 Å². The fraction of sp³-hybridized carbons (Fsp3) is 0.333. The van der Waals surface area contributed by atoms with Crippen LogP contribution in [0.2, 0.25) is 0 Å². The molecule has 0 aromatic carbocycles. The molecular weight excluding hydrogens is 184 g/mol. The molecule has 1 heterocycles. The van der Waals surface area contributed by atoms with Crippen LogP contribution in [0.25, 0.3) is 0 Å². The van der Waals surface area contributed by atoms with Crippen molar-refractivity contribution < 1.29 is 15.0 Å². The molecule has 0 bridgehead atoms. The topological polar surface area (TPSA) is 82.5 Å². The molecule has 0 aliphatic rings. The van der Waals surface area contributed by atoms with Gasteiger partial charge >= 0.3 is 6.09 Å². The summed E-state index contributed by atoms with van der Waals surface area (Å²) in [6.45, 7) is -0.233. The molecule has 1 atom stereocenters. The molecule has 5 nitrogen and oxygen atoms in total. The number of aromatic nitrogens is 1. The number of nitrogens with zero attached hydrogens (tertiary/aromatic N) is 1. The molecular formula is C9H12N2O3. The van der Waals surface area contributed by atoms with E-state index in [1.54, 1.807) is 18.3 Å². The Kier molecular flexibility index (Phi) is 3.87. The van der Waals surface area contributed by atoms with Crippen molar-refractivity contribution in [3.05, 3.63) is 30.1 Å². The molecule has 1 unspecified atom stereocenters. The first kappa shape index (κ1) is 10.5. The normalized spacial score (nSPS) is 12.1. The summed E-state index contributed by atoms with van der Waals surface area (Å²) in [5.41, 5.74) is 0.750. The Morgan fingerprint density at radius 3 is 2.86 bits per heavy atom. The van der Waals surface area contributed by atoms with Crippen molar-refractivity contribution in [3.63, 3.8) is 0 Å².